The van der Waals surface area contributed by atoms with E-state index >= 15 is 0 Å². The van der Waals surface area contributed by atoms with E-state index in [1.54, 1.807) is 20.8 Å². The van der Waals surface area contributed by atoms with Crippen LogP contribution in [0.5, 0.6) is 0 Å². The second-order valence-electron chi connectivity index (χ2n) is 7.70. The Hall–Kier alpha value is -2.00. The minimum Gasteiger partial charge on any atom is -0.455 e. The lowest BCUT2D eigenvalue weighted by atomic mass is 9.95. The Morgan fingerprint density at radius 1 is 1.07 bits per heavy atom. The van der Waals surface area contributed by atoms with E-state index in [0.717, 1.165) is 5.56 Å². The van der Waals surface area contributed by atoms with E-state index in [-0.39, 0.29) is 6.61 Å². The van der Waals surface area contributed by atoms with Crippen LogP contribution in [0.3, 0.4) is 0 Å². The Kier molecular flexibility index (Phi) is 7.54. The first-order chi connectivity index (χ1) is 13.1. The van der Waals surface area contributed by atoms with Gasteiger partial charge in [-0.1, -0.05) is 30.3 Å². The summed E-state index contributed by atoms with van der Waals surface area (Å²) >= 11 is 0. The lowest BCUT2D eigenvalue weighted by Crippen LogP contribution is -2.62. The van der Waals surface area contributed by atoms with Gasteiger partial charge in [0.25, 0.3) is 0 Å². The number of carbonyl (C=O) groups excluding carboxylic acids is 2. The molecule has 0 aliphatic carbocycles. The van der Waals surface area contributed by atoms with E-state index < -0.39 is 54.7 Å². The smallest absolute Gasteiger partial charge is 0.311 e. The van der Waals surface area contributed by atoms with Crippen molar-refractivity contribution in [2.75, 3.05) is 6.61 Å². The molecule has 1 aromatic rings. The number of benzene rings is 1. The first-order valence-electron chi connectivity index (χ1n) is 9.11. The third-order valence-electron chi connectivity index (χ3n) is 4.23. The van der Waals surface area contributed by atoms with Crippen LogP contribution in [0.1, 0.15) is 33.3 Å². The highest BCUT2D eigenvalue weighted by Gasteiger charge is 2.51. The second kappa shape index (κ2) is 9.47. The van der Waals surface area contributed by atoms with Gasteiger partial charge >= 0.3 is 11.9 Å². The number of esters is 2. The number of aliphatic hydroxyl groups excluding tert-OH is 2. The number of aliphatic hydroxyl groups is 2. The molecule has 5 atom stereocenters. The zero-order valence-corrected chi connectivity index (χ0v) is 16.5. The van der Waals surface area contributed by atoms with E-state index in [0.29, 0.717) is 0 Å². The molecule has 0 radical (unpaired) electrons. The maximum Gasteiger partial charge on any atom is 0.311 e. The van der Waals surface area contributed by atoms with Gasteiger partial charge in [-0.15, -0.1) is 0 Å². The number of rotatable bonds is 6. The van der Waals surface area contributed by atoms with Crippen LogP contribution in [0.2, 0.25) is 0 Å². The van der Waals surface area contributed by atoms with Crippen molar-refractivity contribution in [2.24, 2.45) is 5.41 Å². The molecule has 0 amide bonds. The van der Waals surface area contributed by atoms with Crippen molar-refractivity contribution < 1.29 is 38.7 Å². The van der Waals surface area contributed by atoms with E-state index in [2.05, 4.69) is 0 Å². The zero-order valence-electron chi connectivity index (χ0n) is 16.5. The normalized spacial score (nSPS) is 27.9. The van der Waals surface area contributed by atoms with E-state index in [1.165, 1.54) is 6.92 Å². The molecule has 1 heterocycles. The molecule has 1 saturated heterocycles. The number of ether oxygens (including phenoxy) is 4. The Morgan fingerprint density at radius 3 is 2.25 bits per heavy atom. The van der Waals surface area contributed by atoms with Gasteiger partial charge in [-0.25, -0.2) is 0 Å². The summed E-state index contributed by atoms with van der Waals surface area (Å²) in [6, 6.07) is 9.27. The lowest BCUT2D eigenvalue weighted by Gasteiger charge is -2.43. The molecule has 0 unspecified atom stereocenters. The molecule has 8 heteroatoms. The van der Waals surface area contributed by atoms with E-state index in [1.807, 2.05) is 30.3 Å². The third-order valence-corrected chi connectivity index (χ3v) is 4.23. The SMILES string of the molecule is CC(=O)O[C@@H]1[C@@H](OC(=O)C(C)(C)C)[C@H](OCc2ccccc2)[C@@H](CO)O[C@@H]1O. The minimum absolute atomic E-state index is 0.151. The molecule has 8 nitrogen and oxygen atoms in total. The van der Waals surface area contributed by atoms with Gasteiger partial charge < -0.3 is 29.2 Å². The third kappa shape index (κ3) is 5.75. The highest BCUT2D eigenvalue weighted by Crippen LogP contribution is 2.30. The van der Waals surface area contributed by atoms with Gasteiger partial charge in [-0.05, 0) is 26.3 Å². The van der Waals surface area contributed by atoms with Crippen molar-refractivity contribution in [1.82, 2.24) is 0 Å². The summed E-state index contributed by atoms with van der Waals surface area (Å²) in [4.78, 5) is 24.0. The van der Waals surface area contributed by atoms with E-state index in [4.69, 9.17) is 18.9 Å². The van der Waals surface area contributed by atoms with Crippen LogP contribution in [0, 0.1) is 5.41 Å². The molecule has 28 heavy (non-hydrogen) atoms. The summed E-state index contributed by atoms with van der Waals surface area (Å²) < 4.78 is 22.0. The fourth-order valence-corrected chi connectivity index (χ4v) is 2.76. The standard InChI is InChI=1S/C20H28O8/c1-12(22)26-17-16(28-19(24)20(2,3)4)15(14(10-21)27-18(17)23)25-11-13-8-6-5-7-9-13/h5-9,14-18,21,23H,10-11H2,1-4H3/t14-,15-,16+,17-,18+/m1/s1. The van der Waals surface area contributed by atoms with Crippen molar-refractivity contribution >= 4 is 11.9 Å². The van der Waals surface area contributed by atoms with Crippen LogP contribution in [0.4, 0.5) is 0 Å². The summed E-state index contributed by atoms with van der Waals surface area (Å²) in [6.07, 6.45) is -5.93. The van der Waals surface area contributed by atoms with Crippen molar-refractivity contribution in [3.05, 3.63) is 35.9 Å². The molecule has 0 saturated carbocycles. The summed E-state index contributed by atoms with van der Waals surface area (Å²) in [7, 11) is 0. The lowest BCUT2D eigenvalue weighted by molar-refractivity contribution is -0.302. The fraction of sp³-hybridized carbons (Fsp3) is 0.600. The predicted molar refractivity (Wildman–Crippen MR) is 97.9 cm³/mol. The van der Waals surface area contributed by atoms with Crippen LogP contribution in [0.15, 0.2) is 30.3 Å². The van der Waals surface area contributed by atoms with Crippen molar-refractivity contribution in [3.8, 4) is 0 Å². The van der Waals surface area contributed by atoms with Gasteiger partial charge in [0.1, 0.15) is 12.2 Å². The molecule has 2 rings (SSSR count). The van der Waals surface area contributed by atoms with Gasteiger partial charge in [-0.2, -0.15) is 0 Å². The van der Waals surface area contributed by atoms with Crippen LogP contribution >= 0.6 is 0 Å². The Bertz CT molecular complexity index is 654. The molecule has 1 aromatic carbocycles. The molecular formula is C20H28O8. The van der Waals surface area contributed by atoms with Crippen LogP contribution in [0.25, 0.3) is 0 Å². The fourth-order valence-electron chi connectivity index (χ4n) is 2.76. The Labute approximate surface area is 164 Å². The van der Waals surface area contributed by atoms with Gasteiger partial charge in [-0.3, -0.25) is 9.59 Å². The van der Waals surface area contributed by atoms with Crippen molar-refractivity contribution in [3.63, 3.8) is 0 Å². The molecule has 0 spiro atoms. The van der Waals surface area contributed by atoms with Crippen molar-refractivity contribution in [2.45, 2.75) is 65.0 Å². The quantitative estimate of drug-likeness (QED) is 0.690. The molecule has 2 N–H and O–H groups in total. The van der Waals surface area contributed by atoms with Gasteiger partial charge in [0, 0.05) is 6.92 Å². The zero-order chi connectivity index (χ0) is 20.9. The first kappa shape index (κ1) is 22.3. The predicted octanol–water partition coefficient (Wildman–Crippen LogP) is 1.17. The van der Waals surface area contributed by atoms with Gasteiger partial charge in [0.05, 0.1) is 18.6 Å². The topological polar surface area (TPSA) is 112 Å². The molecule has 1 aliphatic heterocycles. The van der Waals surface area contributed by atoms with Gasteiger partial charge in [0.2, 0.25) is 0 Å². The Balaban J connectivity index is 2.29. The molecule has 0 bridgehead atoms. The van der Waals surface area contributed by atoms with E-state index in [9.17, 15) is 19.8 Å². The van der Waals surface area contributed by atoms with Crippen molar-refractivity contribution in [1.29, 1.82) is 0 Å². The monoisotopic (exact) mass is 396 g/mol. The number of carbonyl (C=O) groups is 2. The average Bonchev–Trinajstić information content (AvgIpc) is 2.63. The average molecular weight is 396 g/mol. The number of hydrogen-bond donors (Lipinski definition) is 2. The summed E-state index contributed by atoms with van der Waals surface area (Å²) in [5.74, 6) is -1.23. The molecule has 0 aromatic heterocycles. The minimum atomic E-state index is -1.57. The first-order valence-corrected chi connectivity index (χ1v) is 9.11. The van der Waals surface area contributed by atoms with Crippen LogP contribution in [-0.2, 0) is 35.1 Å². The maximum atomic E-state index is 12.5. The van der Waals surface area contributed by atoms with Gasteiger partial charge in [0.15, 0.2) is 18.5 Å². The van der Waals surface area contributed by atoms with Crippen LogP contribution < -0.4 is 0 Å². The second-order valence-corrected chi connectivity index (χ2v) is 7.70. The highest BCUT2D eigenvalue weighted by molar-refractivity contribution is 5.75. The summed E-state index contributed by atoms with van der Waals surface area (Å²) in [5.41, 5.74) is 0.0261. The molecular weight excluding hydrogens is 368 g/mol. The molecule has 156 valence electrons. The Morgan fingerprint density at radius 2 is 1.71 bits per heavy atom. The maximum absolute atomic E-state index is 12.5. The summed E-state index contributed by atoms with van der Waals surface area (Å²) in [6.45, 7) is 5.87. The molecule has 1 aliphatic rings. The number of hydrogen-bond acceptors (Lipinski definition) is 8. The summed E-state index contributed by atoms with van der Waals surface area (Å²) in [5, 5.41) is 19.9. The highest BCUT2D eigenvalue weighted by atomic mass is 16.7. The molecule has 1 fully saturated rings. The van der Waals surface area contributed by atoms with Crippen LogP contribution in [-0.4, -0.2) is 59.5 Å². The largest absolute Gasteiger partial charge is 0.455 e.